The number of nitrogens with zero attached hydrogens (tertiary/aromatic N) is 2. The van der Waals surface area contributed by atoms with Crippen LogP contribution in [0.5, 0.6) is 0 Å². The van der Waals surface area contributed by atoms with E-state index in [-0.39, 0.29) is 12.0 Å². The van der Waals surface area contributed by atoms with Crippen LogP contribution in [0.15, 0.2) is 0 Å². The molecular weight excluding hydrogens is 334 g/mol. The maximum Gasteiger partial charge on any atom is 0.410 e. The summed E-state index contributed by atoms with van der Waals surface area (Å²) in [5.74, 6) is -0.332. The van der Waals surface area contributed by atoms with Crippen molar-refractivity contribution in [3.63, 3.8) is 0 Å². The summed E-state index contributed by atoms with van der Waals surface area (Å²) in [6.07, 6.45) is 1.07. The minimum Gasteiger partial charge on any atom is -0.468 e. The summed E-state index contributed by atoms with van der Waals surface area (Å²) in [6.45, 7) is 16.8. The third-order valence-corrected chi connectivity index (χ3v) is 4.51. The second kappa shape index (κ2) is 12.1. The lowest BCUT2D eigenvalue weighted by atomic mass is 9.90. The lowest BCUT2D eigenvalue weighted by molar-refractivity contribution is -0.143. The van der Waals surface area contributed by atoms with Gasteiger partial charge in [-0.15, -0.1) is 0 Å². The molecule has 26 heavy (non-hydrogen) atoms. The fourth-order valence-corrected chi connectivity index (χ4v) is 2.77. The van der Waals surface area contributed by atoms with Crippen molar-refractivity contribution in [1.29, 1.82) is 0 Å². The summed E-state index contributed by atoms with van der Waals surface area (Å²) >= 11 is 0. The van der Waals surface area contributed by atoms with Gasteiger partial charge in [0, 0.05) is 13.1 Å². The fourth-order valence-electron chi connectivity index (χ4n) is 2.77. The number of nitrogens with two attached hydrogens (primary N) is 1. The number of carbonyl (C=O) groups is 2. The van der Waals surface area contributed by atoms with Crippen molar-refractivity contribution >= 4 is 12.1 Å². The number of amides is 1. The smallest absolute Gasteiger partial charge is 0.410 e. The Morgan fingerprint density at radius 1 is 1.12 bits per heavy atom. The summed E-state index contributed by atoms with van der Waals surface area (Å²) < 4.78 is 9.94. The fraction of sp³-hybridized carbons (Fsp3) is 0.895. The van der Waals surface area contributed by atoms with Crippen LogP contribution in [-0.4, -0.2) is 73.3 Å². The van der Waals surface area contributed by atoms with Gasteiger partial charge in [-0.2, -0.15) is 0 Å². The highest BCUT2D eigenvalue weighted by molar-refractivity contribution is 5.75. The van der Waals surface area contributed by atoms with Gasteiger partial charge in [-0.25, -0.2) is 4.79 Å². The van der Waals surface area contributed by atoms with Gasteiger partial charge in [-0.05, 0) is 59.2 Å². The van der Waals surface area contributed by atoms with E-state index in [1.54, 1.807) is 4.90 Å². The van der Waals surface area contributed by atoms with Crippen LogP contribution in [-0.2, 0) is 14.3 Å². The van der Waals surface area contributed by atoms with Gasteiger partial charge in [-0.3, -0.25) is 4.79 Å². The van der Waals surface area contributed by atoms with Crippen molar-refractivity contribution in [3.8, 4) is 0 Å². The van der Waals surface area contributed by atoms with Gasteiger partial charge >= 0.3 is 12.1 Å². The van der Waals surface area contributed by atoms with Gasteiger partial charge in [0.1, 0.15) is 11.6 Å². The molecule has 154 valence electrons. The number of hydrogen-bond donors (Lipinski definition) is 1. The number of rotatable bonds is 5. The van der Waals surface area contributed by atoms with E-state index in [1.165, 1.54) is 26.7 Å². The third kappa shape index (κ3) is 9.38. The molecule has 0 aromatic rings. The molecule has 1 rings (SSSR count). The summed E-state index contributed by atoms with van der Waals surface area (Å²) in [5.41, 5.74) is 5.33. The third-order valence-electron chi connectivity index (χ3n) is 4.51. The molecule has 7 heteroatoms. The van der Waals surface area contributed by atoms with Crippen molar-refractivity contribution in [2.45, 2.75) is 66.0 Å². The second-order valence-corrected chi connectivity index (χ2v) is 7.47. The Balaban J connectivity index is 0.000000758. The Morgan fingerprint density at radius 3 is 1.88 bits per heavy atom. The predicted molar refractivity (Wildman–Crippen MR) is 104 cm³/mol. The van der Waals surface area contributed by atoms with Crippen LogP contribution in [0.4, 0.5) is 4.79 Å². The van der Waals surface area contributed by atoms with E-state index in [4.69, 9.17) is 10.5 Å². The lowest BCUT2D eigenvalue weighted by Gasteiger charge is -2.34. The first-order chi connectivity index (χ1) is 12.1. The Bertz CT molecular complexity index is 406. The number of hydrogen-bond acceptors (Lipinski definition) is 6. The van der Waals surface area contributed by atoms with E-state index in [2.05, 4.69) is 30.4 Å². The highest BCUT2D eigenvalue weighted by atomic mass is 16.6. The number of likely N-dealkylation sites (tertiary alicyclic amines) is 1. The Kier molecular flexibility index (Phi) is 11.5. The molecule has 0 aromatic heterocycles. The van der Waals surface area contributed by atoms with Gasteiger partial charge in [0.2, 0.25) is 0 Å². The largest absolute Gasteiger partial charge is 0.468 e. The molecule has 0 aliphatic carbocycles. The summed E-state index contributed by atoms with van der Waals surface area (Å²) in [5, 5.41) is 0. The molecule has 0 radical (unpaired) electrons. The topological polar surface area (TPSA) is 85.1 Å². The SMILES string of the molecule is CCN(CC)CC.COC(=O)C(N)C1CCN(C(=O)OC(C)(C)C)CC1. The minimum atomic E-state index is -0.606. The van der Waals surface area contributed by atoms with Crippen LogP contribution in [0.2, 0.25) is 0 Å². The first-order valence-electron chi connectivity index (χ1n) is 9.63. The maximum atomic E-state index is 11.9. The van der Waals surface area contributed by atoms with Gasteiger partial charge in [0.25, 0.3) is 0 Å². The summed E-state index contributed by atoms with van der Waals surface area (Å²) in [4.78, 5) is 27.3. The van der Waals surface area contributed by atoms with Crippen LogP contribution in [0.1, 0.15) is 54.4 Å². The monoisotopic (exact) mass is 373 g/mol. The zero-order valence-corrected chi connectivity index (χ0v) is 17.7. The molecule has 1 amide bonds. The average Bonchev–Trinajstić information content (AvgIpc) is 2.61. The normalized spacial score (nSPS) is 16.6. The zero-order chi connectivity index (χ0) is 20.3. The first kappa shape index (κ1) is 24.7. The number of carbonyl (C=O) groups excluding carboxylic acids is 2. The second-order valence-electron chi connectivity index (χ2n) is 7.47. The van der Waals surface area contributed by atoms with E-state index in [0.717, 1.165) is 0 Å². The highest BCUT2D eigenvalue weighted by Crippen LogP contribution is 2.22. The number of piperidine rings is 1. The van der Waals surface area contributed by atoms with Gasteiger partial charge < -0.3 is 25.0 Å². The molecule has 2 N–H and O–H groups in total. The van der Waals surface area contributed by atoms with Crippen molar-refractivity contribution in [3.05, 3.63) is 0 Å². The molecule has 1 aliphatic rings. The van der Waals surface area contributed by atoms with Gasteiger partial charge in [-0.1, -0.05) is 20.8 Å². The van der Waals surface area contributed by atoms with Crippen molar-refractivity contribution in [1.82, 2.24) is 9.80 Å². The zero-order valence-electron chi connectivity index (χ0n) is 17.7. The molecule has 1 aliphatic heterocycles. The minimum absolute atomic E-state index is 0.0612. The Hall–Kier alpha value is -1.34. The van der Waals surface area contributed by atoms with Crippen LogP contribution in [0.3, 0.4) is 0 Å². The van der Waals surface area contributed by atoms with Crippen molar-refractivity contribution < 1.29 is 19.1 Å². The summed E-state index contributed by atoms with van der Waals surface area (Å²) in [6, 6.07) is -0.606. The van der Waals surface area contributed by atoms with Gasteiger partial charge in [0.05, 0.1) is 7.11 Å². The lowest BCUT2D eigenvalue weighted by Crippen LogP contribution is -2.47. The molecule has 0 spiro atoms. The Labute approximate surface area is 159 Å². The number of esters is 1. The first-order valence-corrected chi connectivity index (χ1v) is 9.63. The van der Waals surface area contributed by atoms with Crippen molar-refractivity contribution in [2.24, 2.45) is 11.7 Å². The highest BCUT2D eigenvalue weighted by Gasteiger charge is 2.32. The van der Waals surface area contributed by atoms with E-state index in [9.17, 15) is 9.59 Å². The average molecular weight is 374 g/mol. The van der Waals surface area contributed by atoms with Crippen LogP contribution in [0.25, 0.3) is 0 Å². The van der Waals surface area contributed by atoms with Crippen LogP contribution in [0, 0.1) is 5.92 Å². The van der Waals surface area contributed by atoms with Gasteiger partial charge in [0.15, 0.2) is 0 Å². The molecule has 1 unspecified atom stereocenters. The molecule has 1 saturated heterocycles. The van der Waals surface area contributed by atoms with E-state index in [0.29, 0.717) is 25.9 Å². The molecule has 0 bridgehead atoms. The molecule has 0 aromatic carbocycles. The molecule has 0 saturated carbocycles. The predicted octanol–water partition coefficient (Wildman–Crippen LogP) is 2.48. The van der Waals surface area contributed by atoms with Crippen LogP contribution >= 0.6 is 0 Å². The number of ether oxygens (including phenoxy) is 2. The van der Waals surface area contributed by atoms with E-state index >= 15 is 0 Å². The quantitative estimate of drug-likeness (QED) is 0.745. The molecule has 1 fully saturated rings. The standard InChI is InChI=1S/C13H24N2O4.C6H15N/c1-13(2,3)19-12(17)15-7-5-9(6-8-15)10(14)11(16)18-4;1-4-7(5-2)6-3/h9-10H,5-8,14H2,1-4H3;4-6H2,1-3H3. The van der Waals surface area contributed by atoms with Crippen LogP contribution < -0.4 is 5.73 Å². The summed E-state index contributed by atoms with van der Waals surface area (Å²) in [7, 11) is 1.33. The maximum absolute atomic E-state index is 11.9. The van der Waals surface area contributed by atoms with E-state index in [1.807, 2.05) is 20.8 Å². The Morgan fingerprint density at radius 2 is 1.58 bits per heavy atom. The molecule has 1 atom stereocenters. The molecule has 1 heterocycles. The van der Waals surface area contributed by atoms with E-state index < -0.39 is 17.6 Å². The number of methoxy groups -OCH3 is 1. The van der Waals surface area contributed by atoms with Crippen molar-refractivity contribution in [2.75, 3.05) is 39.8 Å². The molecule has 7 nitrogen and oxygen atoms in total. The molecular formula is C19H39N3O4.